The molecule has 0 radical (unpaired) electrons. The number of rotatable bonds is 6. The van der Waals surface area contributed by atoms with Crippen LogP contribution in [0.1, 0.15) is 44.6 Å². The maximum Gasteiger partial charge on any atom is 0.231 e. The van der Waals surface area contributed by atoms with Crippen LogP contribution >= 0.6 is 11.6 Å². The number of halogens is 1. The van der Waals surface area contributed by atoms with Crippen LogP contribution in [-0.4, -0.2) is 71.6 Å². The van der Waals surface area contributed by atoms with Crippen molar-refractivity contribution in [2.45, 2.75) is 56.8 Å². The predicted molar refractivity (Wildman–Crippen MR) is 128 cm³/mol. The zero-order valence-corrected chi connectivity index (χ0v) is 20.0. The number of carbonyl (C=O) groups excluding carboxylic acids is 1. The van der Waals surface area contributed by atoms with Crippen LogP contribution in [0.2, 0.25) is 5.02 Å². The number of aliphatic hydroxyl groups is 1. The van der Waals surface area contributed by atoms with Crippen LogP contribution in [0.25, 0.3) is 10.8 Å². The number of hydrogen-bond acceptors (Lipinski definition) is 6. The number of piperidine rings is 1. The normalized spacial score (nSPS) is 30.6. The SMILES string of the molecule is CCO[C@@H]1C[C@@H]1C(=O)Nc1cc2cc(C3CCN([C@]4(C)COC[C@@H]4O)CC3)c(Cl)cc2cn1. The highest BCUT2D eigenvalue weighted by Crippen LogP contribution is 2.39. The first-order chi connectivity index (χ1) is 15.9. The minimum absolute atomic E-state index is 0.0332. The van der Waals surface area contributed by atoms with E-state index in [1.807, 2.05) is 19.1 Å². The lowest BCUT2D eigenvalue weighted by Crippen LogP contribution is -2.56. The Hall–Kier alpha value is -1.77. The molecule has 33 heavy (non-hydrogen) atoms. The van der Waals surface area contributed by atoms with Crippen LogP contribution in [0.4, 0.5) is 5.82 Å². The fourth-order valence-electron chi connectivity index (χ4n) is 5.29. The lowest BCUT2D eigenvalue weighted by molar-refractivity contribution is -0.118. The average molecular weight is 474 g/mol. The van der Waals surface area contributed by atoms with Crippen LogP contribution in [0, 0.1) is 5.92 Å². The van der Waals surface area contributed by atoms with Crippen molar-refractivity contribution in [3.05, 3.63) is 35.0 Å². The Bertz CT molecular complexity index is 1040. The molecule has 1 saturated carbocycles. The summed E-state index contributed by atoms with van der Waals surface area (Å²) in [6.07, 6.45) is 4.07. The molecule has 4 atom stereocenters. The monoisotopic (exact) mass is 473 g/mol. The van der Waals surface area contributed by atoms with Crippen LogP contribution in [0.5, 0.6) is 0 Å². The molecule has 3 aliphatic rings. The third-order valence-electron chi connectivity index (χ3n) is 7.58. The zero-order valence-electron chi connectivity index (χ0n) is 19.2. The highest BCUT2D eigenvalue weighted by molar-refractivity contribution is 6.32. The summed E-state index contributed by atoms with van der Waals surface area (Å²) >= 11 is 6.69. The predicted octanol–water partition coefficient (Wildman–Crippen LogP) is 3.58. The summed E-state index contributed by atoms with van der Waals surface area (Å²) < 4.78 is 11.0. The molecule has 1 aromatic heterocycles. The number of carbonyl (C=O) groups is 1. The molecule has 3 fully saturated rings. The Balaban J connectivity index is 1.29. The zero-order chi connectivity index (χ0) is 23.2. The van der Waals surface area contributed by atoms with Gasteiger partial charge < -0.3 is 19.9 Å². The van der Waals surface area contributed by atoms with Gasteiger partial charge in [-0.2, -0.15) is 0 Å². The number of fused-ring (bicyclic) bond motifs is 1. The minimum atomic E-state index is -0.445. The van der Waals surface area contributed by atoms with Gasteiger partial charge >= 0.3 is 0 Å². The van der Waals surface area contributed by atoms with Crippen molar-refractivity contribution in [2.24, 2.45) is 5.92 Å². The Labute approximate surface area is 199 Å². The summed E-state index contributed by atoms with van der Waals surface area (Å²) in [5.74, 6) is 0.791. The minimum Gasteiger partial charge on any atom is -0.389 e. The first-order valence-corrected chi connectivity index (χ1v) is 12.3. The first kappa shape index (κ1) is 23.0. The quantitative estimate of drug-likeness (QED) is 0.667. The summed E-state index contributed by atoms with van der Waals surface area (Å²) in [4.78, 5) is 19.2. The van der Waals surface area contributed by atoms with E-state index in [0.717, 1.165) is 53.7 Å². The van der Waals surface area contributed by atoms with E-state index in [-0.39, 0.29) is 23.5 Å². The first-order valence-electron chi connectivity index (χ1n) is 11.9. The van der Waals surface area contributed by atoms with E-state index < -0.39 is 6.10 Å². The van der Waals surface area contributed by atoms with Crippen molar-refractivity contribution in [1.82, 2.24) is 9.88 Å². The van der Waals surface area contributed by atoms with E-state index in [1.165, 1.54) is 0 Å². The fourth-order valence-corrected chi connectivity index (χ4v) is 5.61. The van der Waals surface area contributed by atoms with Gasteiger partial charge in [-0.3, -0.25) is 9.69 Å². The van der Waals surface area contributed by atoms with Gasteiger partial charge in [-0.1, -0.05) is 11.6 Å². The van der Waals surface area contributed by atoms with Gasteiger partial charge in [0.05, 0.1) is 36.9 Å². The Kier molecular flexibility index (Phi) is 6.35. The lowest BCUT2D eigenvalue weighted by atomic mass is 9.85. The van der Waals surface area contributed by atoms with Crippen LogP contribution in [0.15, 0.2) is 24.4 Å². The Morgan fingerprint density at radius 1 is 1.33 bits per heavy atom. The molecule has 2 N–H and O–H groups in total. The summed E-state index contributed by atoms with van der Waals surface area (Å²) in [6, 6.07) is 6.04. The van der Waals surface area contributed by atoms with E-state index in [2.05, 4.69) is 28.2 Å². The molecule has 2 aromatic rings. The summed E-state index contributed by atoms with van der Waals surface area (Å²) in [5, 5.41) is 16.1. The van der Waals surface area contributed by atoms with Gasteiger partial charge in [-0.25, -0.2) is 4.98 Å². The number of aromatic nitrogens is 1. The molecule has 178 valence electrons. The number of ether oxygens (including phenoxy) is 2. The van der Waals surface area contributed by atoms with Gasteiger partial charge in [0, 0.05) is 23.2 Å². The molecule has 2 saturated heterocycles. The molecule has 1 aromatic carbocycles. The molecule has 7 nitrogen and oxygen atoms in total. The van der Waals surface area contributed by atoms with Crippen molar-refractivity contribution < 1.29 is 19.4 Å². The highest BCUT2D eigenvalue weighted by atomic mass is 35.5. The van der Waals surface area contributed by atoms with Gasteiger partial charge in [0.2, 0.25) is 5.91 Å². The van der Waals surface area contributed by atoms with Gasteiger partial charge in [0.15, 0.2) is 0 Å². The maximum atomic E-state index is 12.5. The van der Waals surface area contributed by atoms with Crippen LogP contribution in [-0.2, 0) is 14.3 Å². The number of aliphatic hydroxyl groups excluding tert-OH is 1. The second-order valence-corrected chi connectivity index (χ2v) is 10.2. The fraction of sp³-hybridized carbons (Fsp3) is 0.600. The smallest absolute Gasteiger partial charge is 0.231 e. The molecule has 0 spiro atoms. The molecular weight excluding hydrogens is 442 g/mol. The molecule has 1 amide bonds. The third kappa shape index (κ3) is 4.49. The number of pyridine rings is 1. The van der Waals surface area contributed by atoms with Gasteiger partial charge in [0.25, 0.3) is 0 Å². The van der Waals surface area contributed by atoms with Crippen molar-refractivity contribution in [3.63, 3.8) is 0 Å². The summed E-state index contributed by atoms with van der Waals surface area (Å²) in [7, 11) is 0. The van der Waals surface area contributed by atoms with E-state index in [0.29, 0.717) is 31.6 Å². The van der Waals surface area contributed by atoms with E-state index in [4.69, 9.17) is 21.1 Å². The van der Waals surface area contributed by atoms with Crippen LogP contribution < -0.4 is 5.32 Å². The molecule has 3 heterocycles. The molecule has 0 bridgehead atoms. The van der Waals surface area contributed by atoms with Crippen molar-refractivity contribution in [2.75, 3.05) is 38.2 Å². The van der Waals surface area contributed by atoms with Crippen LogP contribution in [0.3, 0.4) is 0 Å². The lowest BCUT2D eigenvalue weighted by Gasteiger charge is -2.43. The molecule has 5 rings (SSSR count). The van der Waals surface area contributed by atoms with Crippen molar-refractivity contribution in [3.8, 4) is 0 Å². The molecule has 1 aliphatic carbocycles. The molecule has 2 aliphatic heterocycles. The van der Waals surface area contributed by atoms with E-state index in [1.54, 1.807) is 6.20 Å². The van der Waals surface area contributed by atoms with E-state index >= 15 is 0 Å². The van der Waals surface area contributed by atoms with Crippen molar-refractivity contribution in [1.29, 1.82) is 0 Å². The van der Waals surface area contributed by atoms with Gasteiger partial charge in [-0.05, 0) is 81.3 Å². The third-order valence-corrected chi connectivity index (χ3v) is 7.91. The number of hydrogen-bond donors (Lipinski definition) is 2. The average Bonchev–Trinajstić information content (AvgIpc) is 3.50. The Morgan fingerprint density at radius 3 is 2.82 bits per heavy atom. The molecule has 8 heteroatoms. The number of amides is 1. The Morgan fingerprint density at radius 2 is 2.12 bits per heavy atom. The number of anilines is 1. The second-order valence-electron chi connectivity index (χ2n) is 9.77. The highest BCUT2D eigenvalue weighted by Gasteiger charge is 2.45. The molecule has 0 unspecified atom stereocenters. The summed E-state index contributed by atoms with van der Waals surface area (Å²) in [5.41, 5.74) is 0.832. The topological polar surface area (TPSA) is 83.9 Å². The second kappa shape index (κ2) is 9.12. The summed E-state index contributed by atoms with van der Waals surface area (Å²) in [6.45, 7) is 7.44. The number of nitrogens with zero attached hydrogens (tertiary/aromatic N) is 2. The maximum absolute atomic E-state index is 12.5. The number of benzene rings is 1. The van der Waals surface area contributed by atoms with Gasteiger partial charge in [-0.15, -0.1) is 0 Å². The molecular formula is C25H32ClN3O4. The largest absolute Gasteiger partial charge is 0.389 e. The number of nitrogens with one attached hydrogen (secondary N) is 1. The van der Waals surface area contributed by atoms with Crippen molar-refractivity contribution >= 4 is 34.1 Å². The number of likely N-dealkylation sites (tertiary alicyclic amines) is 1. The van der Waals surface area contributed by atoms with Gasteiger partial charge in [0.1, 0.15) is 5.82 Å². The van der Waals surface area contributed by atoms with E-state index in [9.17, 15) is 9.90 Å². The standard InChI is InChI=1S/C25H32ClN3O4/c1-3-33-21-11-19(21)24(31)28-23-10-16-8-18(20(26)9-17(16)12-27-23)15-4-6-29(7-5-15)25(2)14-32-13-22(25)30/h8-10,12,15,19,21-22,30H,3-7,11,13-14H2,1-2H3,(H,27,28,31)/t19-,21+,22-,25+/m0/s1.